The number of hydrogen-bond acceptors (Lipinski definition) is 4. The van der Waals surface area contributed by atoms with Crippen molar-refractivity contribution in [2.24, 2.45) is 0 Å². The third-order valence-corrected chi connectivity index (χ3v) is 3.70. The Bertz CT molecular complexity index is 712. The minimum Gasteiger partial charge on any atom is -0.497 e. The van der Waals surface area contributed by atoms with Gasteiger partial charge >= 0.3 is 0 Å². The van der Waals surface area contributed by atoms with Gasteiger partial charge in [0.2, 0.25) is 11.8 Å². The molecule has 26 heavy (non-hydrogen) atoms. The molecule has 0 aliphatic carbocycles. The molecule has 0 aromatic heterocycles. The number of nitrogens with one attached hydrogen (secondary N) is 3. The van der Waals surface area contributed by atoms with E-state index < -0.39 is 0 Å². The fraction of sp³-hybridized carbons (Fsp3) is 0.300. The second kappa shape index (κ2) is 10.2. The van der Waals surface area contributed by atoms with Gasteiger partial charge in [-0.2, -0.15) is 0 Å². The largest absolute Gasteiger partial charge is 0.497 e. The normalized spacial score (nSPS) is 10.2. The maximum absolute atomic E-state index is 12.0. The first-order chi connectivity index (χ1) is 12.6. The van der Waals surface area contributed by atoms with E-state index in [0.717, 1.165) is 23.4 Å². The molecule has 0 unspecified atom stereocenters. The van der Waals surface area contributed by atoms with E-state index in [1.807, 2.05) is 31.2 Å². The molecule has 0 radical (unpaired) electrons. The Balaban J connectivity index is 1.73. The molecular weight excluding hydrogens is 330 g/mol. The molecule has 0 saturated heterocycles. The van der Waals surface area contributed by atoms with Gasteiger partial charge in [-0.25, -0.2) is 0 Å². The van der Waals surface area contributed by atoms with E-state index in [2.05, 4.69) is 16.0 Å². The second-order valence-electron chi connectivity index (χ2n) is 5.88. The average molecular weight is 355 g/mol. The van der Waals surface area contributed by atoms with E-state index in [1.54, 1.807) is 31.4 Å². The summed E-state index contributed by atoms with van der Waals surface area (Å²) in [6.45, 7) is 2.77. The molecule has 0 aliphatic rings. The van der Waals surface area contributed by atoms with E-state index in [0.29, 0.717) is 18.7 Å². The van der Waals surface area contributed by atoms with Gasteiger partial charge in [0.15, 0.2) is 0 Å². The summed E-state index contributed by atoms with van der Waals surface area (Å²) in [4.78, 5) is 23.5. The fourth-order valence-corrected chi connectivity index (χ4v) is 2.36. The lowest BCUT2D eigenvalue weighted by molar-refractivity contribution is -0.116. The van der Waals surface area contributed by atoms with Crippen molar-refractivity contribution in [2.45, 2.75) is 26.3 Å². The number of hydrogen-bond donors (Lipinski definition) is 3. The SMILES string of the molecule is CCCC(=O)Nc1ccc(NC(=O)CNCc2ccc(OC)cc2)cc1. The lowest BCUT2D eigenvalue weighted by atomic mass is 10.2. The summed E-state index contributed by atoms with van der Waals surface area (Å²) >= 11 is 0. The van der Waals surface area contributed by atoms with Gasteiger partial charge in [-0.3, -0.25) is 9.59 Å². The first-order valence-electron chi connectivity index (χ1n) is 8.64. The highest BCUT2D eigenvalue weighted by Gasteiger charge is 2.04. The molecule has 0 aliphatic heterocycles. The van der Waals surface area contributed by atoms with E-state index >= 15 is 0 Å². The van der Waals surface area contributed by atoms with Crippen LogP contribution in [0.2, 0.25) is 0 Å². The van der Waals surface area contributed by atoms with Crippen LogP contribution in [0.3, 0.4) is 0 Å². The van der Waals surface area contributed by atoms with Gasteiger partial charge < -0.3 is 20.7 Å². The number of anilines is 2. The van der Waals surface area contributed by atoms with E-state index in [-0.39, 0.29) is 18.4 Å². The number of rotatable bonds is 9. The Morgan fingerprint density at radius 3 is 2.00 bits per heavy atom. The third kappa shape index (κ3) is 6.57. The van der Waals surface area contributed by atoms with Gasteiger partial charge in [0.05, 0.1) is 13.7 Å². The summed E-state index contributed by atoms with van der Waals surface area (Å²) in [7, 11) is 1.63. The maximum atomic E-state index is 12.0. The molecule has 6 heteroatoms. The van der Waals surface area contributed by atoms with E-state index in [1.165, 1.54) is 0 Å². The van der Waals surface area contributed by atoms with Crippen molar-refractivity contribution < 1.29 is 14.3 Å². The van der Waals surface area contributed by atoms with Crippen LogP contribution in [-0.4, -0.2) is 25.5 Å². The van der Waals surface area contributed by atoms with Crippen LogP contribution >= 0.6 is 0 Å². The Kier molecular flexibility index (Phi) is 7.64. The van der Waals surface area contributed by atoms with Gasteiger partial charge in [-0.05, 0) is 48.4 Å². The summed E-state index contributed by atoms with van der Waals surface area (Å²) in [6, 6.07) is 14.8. The number of amides is 2. The monoisotopic (exact) mass is 355 g/mol. The molecule has 2 amide bonds. The van der Waals surface area contributed by atoms with Crippen molar-refractivity contribution in [3.63, 3.8) is 0 Å². The molecule has 0 fully saturated rings. The molecule has 0 saturated carbocycles. The number of carbonyl (C=O) groups excluding carboxylic acids is 2. The quantitative estimate of drug-likeness (QED) is 0.645. The van der Waals surface area contributed by atoms with Crippen LogP contribution in [0.4, 0.5) is 11.4 Å². The fourth-order valence-electron chi connectivity index (χ4n) is 2.36. The summed E-state index contributed by atoms with van der Waals surface area (Å²) in [6.07, 6.45) is 1.31. The maximum Gasteiger partial charge on any atom is 0.238 e. The molecule has 2 aromatic rings. The zero-order valence-electron chi connectivity index (χ0n) is 15.2. The van der Waals surface area contributed by atoms with Gasteiger partial charge in [-0.1, -0.05) is 19.1 Å². The Morgan fingerprint density at radius 2 is 1.46 bits per heavy atom. The molecule has 0 atom stereocenters. The van der Waals surface area contributed by atoms with Gasteiger partial charge in [-0.15, -0.1) is 0 Å². The molecule has 0 bridgehead atoms. The Labute approximate surface area is 153 Å². The summed E-state index contributed by atoms with van der Waals surface area (Å²) < 4.78 is 5.11. The zero-order chi connectivity index (χ0) is 18.8. The molecule has 6 nitrogen and oxygen atoms in total. The lowest BCUT2D eigenvalue weighted by Crippen LogP contribution is -2.27. The second-order valence-corrected chi connectivity index (χ2v) is 5.88. The van der Waals surface area contributed by atoms with Crippen molar-refractivity contribution in [3.8, 4) is 5.75 Å². The topological polar surface area (TPSA) is 79.5 Å². The van der Waals surface area contributed by atoms with Crippen LogP contribution < -0.4 is 20.7 Å². The minimum absolute atomic E-state index is 0.00739. The number of methoxy groups -OCH3 is 1. The first-order valence-corrected chi connectivity index (χ1v) is 8.64. The summed E-state index contributed by atoms with van der Waals surface area (Å²) in [5.74, 6) is 0.675. The van der Waals surface area contributed by atoms with Crippen molar-refractivity contribution in [1.29, 1.82) is 0 Å². The van der Waals surface area contributed by atoms with Gasteiger partial charge in [0.1, 0.15) is 5.75 Å². The number of carbonyl (C=O) groups is 2. The highest BCUT2D eigenvalue weighted by molar-refractivity contribution is 5.93. The zero-order valence-corrected chi connectivity index (χ0v) is 15.2. The van der Waals surface area contributed by atoms with Crippen LogP contribution in [0.5, 0.6) is 5.75 Å². The minimum atomic E-state index is -0.124. The van der Waals surface area contributed by atoms with Crippen molar-refractivity contribution >= 4 is 23.2 Å². The van der Waals surface area contributed by atoms with E-state index in [9.17, 15) is 9.59 Å². The van der Waals surface area contributed by atoms with Crippen molar-refractivity contribution in [3.05, 3.63) is 54.1 Å². The molecule has 0 spiro atoms. The van der Waals surface area contributed by atoms with Crippen molar-refractivity contribution in [2.75, 3.05) is 24.3 Å². The number of ether oxygens (including phenoxy) is 1. The van der Waals surface area contributed by atoms with Crippen molar-refractivity contribution in [1.82, 2.24) is 5.32 Å². The Morgan fingerprint density at radius 1 is 0.885 bits per heavy atom. The number of benzene rings is 2. The van der Waals surface area contributed by atoms with Crippen LogP contribution in [0.15, 0.2) is 48.5 Å². The van der Waals surface area contributed by atoms with Gasteiger partial charge in [0, 0.05) is 24.3 Å². The molecule has 2 aromatic carbocycles. The lowest BCUT2D eigenvalue weighted by Gasteiger charge is -2.09. The van der Waals surface area contributed by atoms with Crippen LogP contribution in [0, 0.1) is 0 Å². The predicted molar refractivity (Wildman–Crippen MR) is 103 cm³/mol. The van der Waals surface area contributed by atoms with Crippen LogP contribution in [0.25, 0.3) is 0 Å². The highest BCUT2D eigenvalue weighted by Crippen LogP contribution is 2.14. The summed E-state index contributed by atoms with van der Waals surface area (Å²) in [5.41, 5.74) is 2.49. The van der Waals surface area contributed by atoms with Crippen LogP contribution in [-0.2, 0) is 16.1 Å². The Hall–Kier alpha value is -2.86. The smallest absolute Gasteiger partial charge is 0.238 e. The summed E-state index contributed by atoms with van der Waals surface area (Å²) in [5, 5.41) is 8.73. The standard InChI is InChI=1S/C20H25N3O3/c1-3-4-19(24)22-16-7-9-17(10-8-16)23-20(25)14-21-13-15-5-11-18(26-2)12-6-15/h5-12,21H,3-4,13-14H2,1-2H3,(H,22,24)(H,23,25). The van der Waals surface area contributed by atoms with Crippen LogP contribution in [0.1, 0.15) is 25.3 Å². The molecule has 138 valence electrons. The van der Waals surface area contributed by atoms with E-state index in [4.69, 9.17) is 4.74 Å². The molecular formula is C20H25N3O3. The predicted octanol–water partition coefficient (Wildman–Crippen LogP) is 3.16. The molecule has 0 heterocycles. The molecule has 2 rings (SSSR count). The highest BCUT2D eigenvalue weighted by atomic mass is 16.5. The molecule has 3 N–H and O–H groups in total. The van der Waals surface area contributed by atoms with Gasteiger partial charge in [0.25, 0.3) is 0 Å². The third-order valence-electron chi connectivity index (χ3n) is 3.70. The first kappa shape index (κ1) is 19.5. The average Bonchev–Trinajstić information content (AvgIpc) is 2.64.